The van der Waals surface area contributed by atoms with Crippen LogP contribution in [0.5, 0.6) is 0 Å². The standard InChI is InChI=1S/C12H21NO5/c1-12(2,6-11(15)16)5-10(14)13-7-9-8-17-3-4-18-9/h9H,3-8H2,1-2H3,(H,13,14)(H,15,16). The quantitative estimate of drug-likeness (QED) is 0.721. The molecule has 6 heteroatoms. The summed E-state index contributed by atoms with van der Waals surface area (Å²) in [6.45, 7) is 5.56. The van der Waals surface area contributed by atoms with Gasteiger partial charge in [0.1, 0.15) is 0 Å². The Morgan fingerprint density at radius 3 is 2.61 bits per heavy atom. The van der Waals surface area contributed by atoms with Crippen molar-refractivity contribution < 1.29 is 24.2 Å². The van der Waals surface area contributed by atoms with Crippen LogP contribution in [0, 0.1) is 5.41 Å². The number of carboxylic acids is 1. The first-order valence-corrected chi connectivity index (χ1v) is 6.07. The van der Waals surface area contributed by atoms with Crippen molar-refractivity contribution in [3.05, 3.63) is 0 Å². The van der Waals surface area contributed by atoms with E-state index in [9.17, 15) is 9.59 Å². The molecule has 2 N–H and O–H groups in total. The van der Waals surface area contributed by atoms with E-state index in [1.165, 1.54) is 0 Å². The second kappa shape index (κ2) is 6.70. The molecule has 0 aliphatic carbocycles. The van der Waals surface area contributed by atoms with Gasteiger partial charge in [-0.1, -0.05) is 13.8 Å². The number of carbonyl (C=O) groups excluding carboxylic acids is 1. The van der Waals surface area contributed by atoms with E-state index in [1.54, 1.807) is 13.8 Å². The van der Waals surface area contributed by atoms with E-state index in [2.05, 4.69) is 5.32 Å². The Hall–Kier alpha value is -1.14. The lowest BCUT2D eigenvalue weighted by molar-refractivity contribution is -0.139. The largest absolute Gasteiger partial charge is 0.481 e. The summed E-state index contributed by atoms with van der Waals surface area (Å²) in [7, 11) is 0. The van der Waals surface area contributed by atoms with Crippen LogP contribution in [-0.4, -0.2) is 49.5 Å². The molecule has 0 spiro atoms. The summed E-state index contributed by atoms with van der Waals surface area (Å²) in [5, 5.41) is 11.5. The molecule has 1 heterocycles. The summed E-state index contributed by atoms with van der Waals surface area (Å²) in [5.41, 5.74) is -0.542. The Morgan fingerprint density at radius 1 is 1.33 bits per heavy atom. The molecule has 1 aliphatic rings. The fraction of sp³-hybridized carbons (Fsp3) is 0.833. The molecule has 0 saturated carbocycles. The van der Waals surface area contributed by atoms with Crippen LogP contribution in [0.2, 0.25) is 0 Å². The second-order valence-corrected chi connectivity index (χ2v) is 5.28. The molecule has 1 amide bonds. The minimum absolute atomic E-state index is 0.0243. The minimum Gasteiger partial charge on any atom is -0.481 e. The molecular weight excluding hydrogens is 238 g/mol. The van der Waals surface area contributed by atoms with E-state index in [-0.39, 0.29) is 24.9 Å². The van der Waals surface area contributed by atoms with Crippen molar-refractivity contribution in [3.63, 3.8) is 0 Å². The highest BCUT2D eigenvalue weighted by Gasteiger charge is 2.25. The number of ether oxygens (including phenoxy) is 2. The summed E-state index contributed by atoms with van der Waals surface area (Å²) in [6.07, 6.45) is 0.0568. The Balaban J connectivity index is 2.25. The lowest BCUT2D eigenvalue weighted by atomic mass is 9.85. The molecule has 18 heavy (non-hydrogen) atoms. The maximum Gasteiger partial charge on any atom is 0.303 e. The number of hydrogen-bond donors (Lipinski definition) is 2. The van der Waals surface area contributed by atoms with Crippen molar-refractivity contribution in [1.29, 1.82) is 0 Å². The Labute approximate surface area is 107 Å². The minimum atomic E-state index is -0.892. The molecule has 0 aromatic carbocycles. The van der Waals surface area contributed by atoms with Gasteiger partial charge in [0.15, 0.2) is 0 Å². The highest BCUT2D eigenvalue weighted by atomic mass is 16.6. The number of hydrogen-bond acceptors (Lipinski definition) is 4. The average molecular weight is 259 g/mol. The average Bonchev–Trinajstić information content (AvgIpc) is 2.25. The molecule has 1 rings (SSSR count). The molecule has 0 aromatic heterocycles. The summed E-state index contributed by atoms with van der Waals surface area (Å²) in [6, 6.07) is 0. The van der Waals surface area contributed by atoms with E-state index < -0.39 is 11.4 Å². The van der Waals surface area contributed by atoms with Crippen LogP contribution in [0.25, 0.3) is 0 Å². The number of carbonyl (C=O) groups is 2. The van der Waals surface area contributed by atoms with Gasteiger partial charge in [0.05, 0.1) is 32.3 Å². The van der Waals surface area contributed by atoms with Crippen LogP contribution in [0.15, 0.2) is 0 Å². The summed E-state index contributed by atoms with van der Waals surface area (Å²) in [5.74, 6) is -1.05. The zero-order valence-corrected chi connectivity index (χ0v) is 10.9. The SMILES string of the molecule is CC(C)(CC(=O)O)CC(=O)NCC1COCCO1. The number of amides is 1. The summed E-state index contributed by atoms with van der Waals surface area (Å²) >= 11 is 0. The topological polar surface area (TPSA) is 84.9 Å². The van der Waals surface area contributed by atoms with E-state index in [0.29, 0.717) is 26.4 Å². The number of nitrogens with one attached hydrogen (secondary N) is 1. The van der Waals surface area contributed by atoms with Gasteiger partial charge in [0.2, 0.25) is 5.91 Å². The third kappa shape index (κ3) is 5.97. The fourth-order valence-electron chi connectivity index (χ4n) is 1.85. The second-order valence-electron chi connectivity index (χ2n) is 5.28. The van der Waals surface area contributed by atoms with Crippen molar-refractivity contribution >= 4 is 11.9 Å². The molecule has 0 bridgehead atoms. The van der Waals surface area contributed by atoms with Gasteiger partial charge in [-0.3, -0.25) is 9.59 Å². The van der Waals surface area contributed by atoms with Crippen LogP contribution in [0.4, 0.5) is 0 Å². The van der Waals surface area contributed by atoms with Crippen molar-refractivity contribution in [3.8, 4) is 0 Å². The van der Waals surface area contributed by atoms with Crippen LogP contribution >= 0.6 is 0 Å². The van der Waals surface area contributed by atoms with E-state index in [1.807, 2.05) is 0 Å². The van der Waals surface area contributed by atoms with E-state index >= 15 is 0 Å². The predicted molar refractivity (Wildman–Crippen MR) is 64.2 cm³/mol. The third-order valence-electron chi connectivity index (χ3n) is 2.68. The monoisotopic (exact) mass is 259 g/mol. The van der Waals surface area contributed by atoms with Crippen LogP contribution < -0.4 is 5.32 Å². The van der Waals surface area contributed by atoms with Gasteiger partial charge in [-0.05, 0) is 5.41 Å². The molecule has 1 saturated heterocycles. The lowest BCUT2D eigenvalue weighted by Gasteiger charge is -2.25. The zero-order valence-electron chi connectivity index (χ0n) is 10.9. The van der Waals surface area contributed by atoms with Crippen LogP contribution in [0.1, 0.15) is 26.7 Å². The van der Waals surface area contributed by atoms with Crippen molar-refractivity contribution in [1.82, 2.24) is 5.32 Å². The predicted octanol–water partition coefficient (Wildman–Crippen LogP) is 0.409. The molecule has 6 nitrogen and oxygen atoms in total. The number of aliphatic carboxylic acids is 1. The maximum absolute atomic E-state index is 11.7. The highest BCUT2D eigenvalue weighted by molar-refractivity contribution is 5.77. The van der Waals surface area contributed by atoms with Gasteiger partial charge in [-0.15, -0.1) is 0 Å². The van der Waals surface area contributed by atoms with Crippen molar-refractivity contribution in [2.24, 2.45) is 5.41 Å². The molecule has 1 aliphatic heterocycles. The molecule has 0 aromatic rings. The lowest BCUT2D eigenvalue weighted by Crippen LogP contribution is -2.40. The Morgan fingerprint density at radius 2 is 2.06 bits per heavy atom. The molecular formula is C12H21NO5. The van der Waals surface area contributed by atoms with Gasteiger partial charge in [-0.25, -0.2) is 0 Å². The van der Waals surface area contributed by atoms with Gasteiger partial charge < -0.3 is 19.9 Å². The van der Waals surface area contributed by atoms with E-state index in [0.717, 1.165) is 0 Å². The number of rotatable bonds is 6. The molecule has 1 fully saturated rings. The van der Waals surface area contributed by atoms with Gasteiger partial charge >= 0.3 is 5.97 Å². The Kier molecular flexibility index (Phi) is 5.55. The summed E-state index contributed by atoms with van der Waals surface area (Å²) < 4.78 is 10.6. The van der Waals surface area contributed by atoms with Gasteiger partial charge in [0, 0.05) is 13.0 Å². The first-order chi connectivity index (χ1) is 8.39. The van der Waals surface area contributed by atoms with E-state index in [4.69, 9.17) is 14.6 Å². The van der Waals surface area contributed by atoms with Crippen molar-refractivity contribution in [2.75, 3.05) is 26.4 Å². The number of carboxylic acid groups (broad SMARTS) is 1. The van der Waals surface area contributed by atoms with Crippen LogP contribution in [0.3, 0.4) is 0 Å². The first kappa shape index (κ1) is 14.9. The first-order valence-electron chi connectivity index (χ1n) is 6.07. The third-order valence-corrected chi connectivity index (χ3v) is 2.68. The Bertz CT molecular complexity index is 297. The summed E-state index contributed by atoms with van der Waals surface area (Å²) in [4.78, 5) is 22.3. The van der Waals surface area contributed by atoms with Gasteiger partial charge in [-0.2, -0.15) is 0 Å². The molecule has 0 radical (unpaired) electrons. The fourth-order valence-corrected chi connectivity index (χ4v) is 1.85. The highest BCUT2D eigenvalue weighted by Crippen LogP contribution is 2.24. The smallest absolute Gasteiger partial charge is 0.303 e. The molecule has 1 atom stereocenters. The van der Waals surface area contributed by atoms with Crippen LogP contribution in [-0.2, 0) is 19.1 Å². The normalized spacial score (nSPS) is 20.4. The van der Waals surface area contributed by atoms with Gasteiger partial charge in [0.25, 0.3) is 0 Å². The van der Waals surface area contributed by atoms with Crippen molar-refractivity contribution in [2.45, 2.75) is 32.8 Å². The molecule has 104 valence electrons. The maximum atomic E-state index is 11.7. The zero-order chi connectivity index (χ0) is 13.6. The molecule has 1 unspecified atom stereocenters.